The first-order chi connectivity index (χ1) is 9.49. The van der Waals surface area contributed by atoms with Gasteiger partial charge in [0.1, 0.15) is 11.5 Å². The molecule has 4 N–H and O–H groups in total. The highest BCUT2D eigenvalue weighted by molar-refractivity contribution is 6.06. The second kappa shape index (κ2) is 5.63. The van der Waals surface area contributed by atoms with E-state index in [1.165, 1.54) is 18.2 Å². The van der Waals surface area contributed by atoms with Crippen molar-refractivity contribution in [1.29, 1.82) is 0 Å². The van der Waals surface area contributed by atoms with Crippen LogP contribution in [0.1, 0.15) is 28.9 Å². The van der Waals surface area contributed by atoms with E-state index in [2.05, 4.69) is 5.32 Å². The van der Waals surface area contributed by atoms with Crippen LogP contribution in [-0.4, -0.2) is 21.2 Å². The van der Waals surface area contributed by atoms with Crippen molar-refractivity contribution in [2.24, 2.45) is 0 Å². The molecule has 2 aromatic rings. The van der Waals surface area contributed by atoms with Crippen LogP contribution in [0.2, 0.25) is 0 Å². The molecule has 1 amide bonds. The Balaban J connectivity index is 2.31. The average Bonchev–Trinajstić information content (AvgIpc) is 2.41. The molecule has 0 aliphatic heterocycles. The van der Waals surface area contributed by atoms with Crippen LogP contribution in [0.5, 0.6) is 11.5 Å². The van der Waals surface area contributed by atoms with Gasteiger partial charge in [0.2, 0.25) is 0 Å². The van der Waals surface area contributed by atoms with Gasteiger partial charge in [-0.3, -0.25) is 4.79 Å². The fraction of sp³-hybridized carbons (Fsp3) is 0.133. The summed E-state index contributed by atoms with van der Waals surface area (Å²) in [6, 6.07) is 10.5. The Bertz CT molecular complexity index is 638. The molecule has 5 heteroatoms. The number of carbonyl (C=O) groups is 1. The summed E-state index contributed by atoms with van der Waals surface area (Å²) in [6.07, 6.45) is -0.732. The highest BCUT2D eigenvalue weighted by Crippen LogP contribution is 2.26. The molecule has 0 radical (unpaired) electrons. The standard InChI is InChI=1S/C15H15NO4/c1-9(17)11-4-2-3-5-13(11)16-15(20)12-8-10(18)6-7-14(12)19/h2-9,17-19H,1H3,(H,16,20). The van der Waals surface area contributed by atoms with Gasteiger partial charge in [-0.15, -0.1) is 0 Å². The summed E-state index contributed by atoms with van der Waals surface area (Å²) in [5.74, 6) is -0.905. The fourth-order valence-corrected chi connectivity index (χ4v) is 1.87. The molecule has 1 atom stereocenters. The van der Waals surface area contributed by atoms with Crippen molar-refractivity contribution in [2.75, 3.05) is 5.32 Å². The molecule has 0 bridgehead atoms. The lowest BCUT2D eigenvalue weighted by atomic mass is 10.1. The lowest BCUT2D eigenvalue weighted by Crippen LogP contribution is -2.14. The zero-order valence-corrected chi connectivity index (χ0v) is 10.9. The predicted molar refractivity (Wildman–Crippen MR) is 74.8 cm³/mol. The second-order valence-electron chi connectivity index (χ2n) is 4.42. The summed E-state index contributed by atoms with van der Waals surface area (Å²) in [6.45, 7) is 1.59. The molecular formula is C15H15NO4. The van der Waals surface area contributed by atoms with Crippen LogP contribution >= 0.6 is 0 Å². The maximum Gasteiger partial charge on any atom is 0.259 e. The summed E-state index contributed by atoms with van der Waals surface area (Å²) in [7, 11) is 0. The van der Waals surface area contributed by atoms with Crippen LogP contribution in [0.15, 0.2) is 42.5 Å². The minimum Gasteiger partial charge on any atom is -0.508 e. The van der Waals surface area contributed by atoms with E-state index in [9.17, 15) is 20.1 Å². The number of amides is 1. The van der Waals surface area contributed by atoms with Crippen LogP contribution in [0.4, 0.5) is 5.69 Å². The summed E-state index contributed by atoms with van der Waals surface area (Å²) < 4.78 is 0. The van der Waals surface area contributed by atoms with Gasteiger partial charge in [0, 0.05) is 11.3 Å². The van der Waals surface area contributed by atoms with E-state index in [1.54, 1.807) is 31.2 Å². The number of aromatic hydroxyl groups is 2. The average molecular weight is 273 g/mol. The van der Waals surface area contributed by atoms with Gasteiger partial charge in [-0.2, -0.15) is 0 Å². The topological polar surface area (TPSA) is 89.8 Å². The first-order valence-electron chi connectivity index (χ1n) is 6.09. The second-order valence-corrected chi connectivity index (χ2v) is 4.42. The van der Waals surface area contributed by atoms with Crippen LogP contribution in [0, 0.1) is 0 Å². The first kappa shape index (κ1) is 13.9. The SMILES string of the molecule is CC(O)c1ccccc1NC(=O)c1cc(O)ccc1O. The summed E-state index contributed by atoms with van der Waals surface area (Å²) in [5.41, 5.74) is 0.987. The maximum atomic E-state index is 12.1. The Morgan fingerprint density at radius 1 is 1.15 bits per heavy atom. The van der Waals surface area contributed by atoms with Gasteiger partial charge in [0.15, 0.2) is 0 Å². The van der Waals surface area contributed by atoms with Crippen LogP contribution in [-0.2, 0) is 0 Å². The number of carbonyl (C=O) groups excluding carboxylic acids is 1. The van der Waals surface area contributed by atoms with E-state index in [0.717, 1.165) is 0 Å². The van der Waals surface area contributed by atoms with Crippen molar-refractivity contribution in [1.82, 2.24) is 0 Å². The largest absolute Gasteiger partial charge is 0.508 e. The molecule has 0 aliphatic rings. The third-order valence-electron chi connectivity index (χ3n) is 2.88. The zero-order chi connectivity index (χ0) is 14.7. The van der Waals surface area contributed by atoms with E-state index in [1.807, 2.05) is 0 Å². The molecule has 1 unspecified atom stereocenters. The first-order valence-corrected chi connectivity index (χ1v) is 6.09. The van der Waals surface area contributed by atoms with Gasteiger partial charge in [0.05, 0.1) is 11.7 Å². The Morgan fingerprint density at radius 2 is 1.85 bits per heavy atom. The normalized spacial score (nSPS) is 11.9. The molecule has 0 aliphatic carbocycles. The van der Waals surface area contributed by atoms with Crippen LogP contribution in [0.3, 0.4) is 0 Å². The molecule has 0 aromatic heterocycles. The van der Waals surface area contributed by atoms with E-state index in [0.29, 0.717) is 11.3 Å². The quantitative estimate of drug-likeness (QED) is 0.646. The lowest BCUT2D eigenvalue weighted by Gasteiger charge is -2.13. The van der Waals surface area contributed by atoms with Crippen LogP contribution < -0.4 is 5.32 Å². The number of para-hydroxylation sites is 1. The van der Waals surface area contributed by atoms with Crippen molar-refractivity contribution >= 4 is 11.6 Å². The number of aliphatic hydroxyl groups is 1. The van der Waals surface area contributed by atoms with E-state index < -0.39 is 12.0 Å². The molecule has 2 rings (SSSR count). The molecule has 0 saturated heterocycles. The number of phenols is 2. The maximum absolute atomic E-state index is 12.1. The van der Waals surface area contributed by atoms with E-state index in [4.69, 9.17) is 0 Å². The minimum absolute atomic E-state index is 0.0367. The number of hydrogen-bond donors (Lipinski definition) is 4. The van der Waals surface area contributed by atoms with Crippen molar-refractivity contribution < 1.29 is 20.1 Å². The zero-order valence-electron chi connectivity index (χ0n) is 10.9. The summed E-state index contributed by atoms with van der Waals surface area (Å²) in [5, 5.41) is 31.3. The third kappa shape index (κ3) is 2.89. The predicted octanol–water partition coefficient (Wildman–Crippen LogP) is 2.40. The summed E-state index contributed by atoms with van der Waals surface area (Å²) in [4.78, 5) is 12.1. The van der Waals surface area contributed by atoms with E-state index in [-0.39, 0.29) is 17.1 Å². The fourth-order valence-electron chi connectivity index (χ4n) is 1.87. The van der Waals surface area contributed by atoms with Gasteiger partial charge in [-0.25, -0.2) is 0 Å². The molecule has 0 spiro atoms. The van der Waals surface area contributed by atoms with Gasteiger partial charge in [-0.1, -0.05) is 18.2 Å². The lowest BCUT2D eigenvalue weighted by molar-refractivity contribution is 0.102. The van der Waals surface area contributed by atoms with Gasteiger partial charge >= 0.3 is 0 Å². The monoisotopic (exact) mass is 273 g/mol. The number of hydrogen-bond acceptors (Lipinski definition) is 4. The number of anilines is 1. The van der Waals surface area contributed by atoms with Gasteiger partial charge < -0.3 is 20.6 Å². The highest BCUT2D eigenvalue weighted by atomic mass is 16.3. The number of phenolic OH excluding ortho intramolecular Hbond substituents is 2. The molecule has 0 fully saturated rings. The Kier molecular flexibility index (Phi) is 3.91. The van der Waals surface area contributed by atoms with Gasteiger partial charge in [0.25, 0.3) is 5.91 Å². The Hall–Kier alpha value is -2.53. The molecular weight excluding hydrogens is 258 g/mol. The number of aliphatic hydroxyl groups excluding tert-OH is 1. The Labute approximate surface area is 116 Å². The van der Waals surface area contributed by atoms with Crippen molar-refractivity contribution in [3.63, 3.8) is 0 Å². The summed E-state index contributed by atoms with van der Waals surface area (Å²) >= 11 is 0. The minimum atomic E-state index is -0.732. The number of nitrogens with one attached hydrogen (secondary N) is 1. The third-order valence-corrected chi connectivity index (χ3v) is 2.88. The van der Waals surface area contributed by atoms with Crippen molar-refractivity contribution in [3.8, 4) is 11.5 Å². The molecule has 0 heterocycles. The number of benzene rings is 2. The highest BCUT2D eigenvalue weighted by Gasteiger charge is 2.15. The smallest absolute Gasteiger partial charge is 0.259 e. The van der Waals surface area contributed by atoms with Crippen LogP contribution in [0.25, 0.3) is 0 Å². The van der Waals surface area contributed by atoms with Gasteiger partial charge in [-0.05, 0) is 31.2 Å². The Morgan fingerprint density at radius 3 is 2.55 bits per heavy atom. The molecule has 5 nitrogen and oxygen atoms in total. The van der Waals surface area contributed by atoms with Crippen molar-refractivity contribution in [3.05, 3.63) is 53.6 Å². The molecule has 20 heavy (non-hydrogen) atoms. The van der Waals surface area contributed by atoms with Crippen molar-refractivity contribution in [2.45, 2.75) is 13.0 Å². The molecule has 104 valence electrons. The van der Waals surface area contributed by atoms with E-state index >= 15 is 0 Å². The number of rotatable bonds is 3. The molecule has 2 aromatic carbocycles. The molecule has 0 saturated carbocycles.